The second kappa shape index (κ2) is 4.21. The summed E-state index contributed by atoms with van der Waals surface area (Å²) in [5, 5.41) is 0.898. The van der Waals surface area contributed by atoms with Crippen LogP contribution in [0.4, 0.5) is 0 Å². The molecule has 1 fully saturated rings. The highest BCUT2D eigenvalue weighted by molar-refractivity contribution is 6.00. The molecule has 0 bridgehead atoms. The van der Waals surface area contributed by atoms with E-state index in [2.05, 4.69) is 0 Å². The number of hydroxylamine groups is 2. The summed E-state index contributed by atoms with van der Waals surface area (Å²) in [5.74, 6) is -0.424. The molecular weight excluding hydrogens is 158 g/mol. The van der Waals surface area contributed by atoms with Crippen LogP contribution in [0, 0.1) is 0 Å². The van der Waals surface area contributed by atoms with E-state index in [-0.39, 0.29) is 11.8 Å². The molecule has 0 unspecified atom stereocenters. The van der Waals surface area contributed by atoms with Gasteiger partial charge in [-0.15, -0.1) is 0 Å². The van der Waals surface area contributed by atoms with Crippen molar-refractivity contribution in [3.63, 3.8) is 0 Å². The Morgan fingerprint density at radius 2 is 1.92 bits per heavy atom. The smallest absolute Gasteiger partial charge is 0.253 e. The van der Waals surface area contributed by atoms with Gasteiger partial charge in [-0.2, -0.15) is 5.06 Å². The third-order valence-electron chi connectivity index (χ3n) is 1.72. The van der Waals surface area contributed by atoms with Crippen LogP contribution in [0.15, 0.2) is 0 Å². The summed E-state index contributed by atoms with van der Waals surface area (Å²) in [4.78, 5) is 26.9. The van der Waals surface area contributed by atoms with Gasteiger partial charge in [0, 0.05) is 12.8 Å². The first kappa shape index (κ1) is 9.19. The summed E-state index contributed by atoms with van der Waals surface area (Å²) in [7, 11) is 0. The van der Waals surface area contributed by atoms with Gasteiger partial charge in [-0.05, 0) is 6.42 Å². The maximum absolute atomic E-state index is 11.0. The van der Waals surface area contributed by atoms with Crippen LogP contribution in [0.5, 0.6) is 0 Å². The van der Waals surface area contributed by atoms with E-state index in [1.807, 2.05) is 6.92 Å². The molecule has 0 atom stereocenters. The zero-order valence-electron chi connectivity index (χ0n) is 7.21. The van der Waals surface area contributed by atoms with Gasteiger partial charge in [0.1, 0.15) is 0 Å². The number of carbonyl (C=O) groups excluding carboxylic acids is 2. The van der Waals surface area contributed by atoms with Crippen LogP contribution in [0.1, 0.15) is 32.6 Å². The normalized spacial score (nSPS) is 17.6. The molecule has 0 aromatic heterocycles. The van der Waals surface area contributed by atoms with Crippen LogP contribution >= 0.6 is 0 Å². The number of carbonyl (C=O) groups is 2. The van der Waals surface area contributed by atoms with Crippen molar-refractivity contribution in [1.29, 1.82) is 0 Å². The molecular formula is C8H13NO3. The van der Waals surface area contributed by atoms with E-state index in [1.165, 1.54) is 0 Å². The van der Waals surface area contributed by atoms with E-state index in [4.69, 9.17) is 4.84 Å². The summed E-state index contributed by atoms with van der Waals surface area (Å²) in [5.41, 5.74) is 0. The van der Waals surface area contributed by atoms with Crippen molar-refractivity contribution in [2.24, 2.45) is 0 Å². The highest BCUT2D eigenvalue weighted by atomic mass is 16.7. The molecule has 0 aromatic rings. The fraction of sp³-hybridized carbons (Fsp3) is 0.750. The fourth-order valence-corrected chi connectivity index (χ4v) is 1.00. The van der Waals surface area contributed by atoms with Gasteiger partial charge in [0.05, 0.1) is 6.61 Å². The number of hydrogen-bond acceptors (Lipinski definition) is 3. The Labute approximate surface area is 71.4 Å². The van der Waals surface area contributed by atoms with Gasteiger partial charge >= 0.3 is 0 Å². The lowest BCUT2D eigenvalue weighted by Crippen LogP contribution is -2.29. The van der Waals surface area contributed by atoms with Crippen molar-refractivity contribution >= 4 is 11.8 Å². The van der Waals surface area contributed by atoms with Crippen molar-refractivity contribution < 1.29 is 14.4 Å². The minimum absolute atomic E-state index is 0.212. The Morgan fingerprint density at radius 1 is 1.33 bits per heavy atom. The molecule has 0 aliphatic carbocycles. The van der Waals surface area contributed by atoms with E-state index >= 15 is 0 Å². The van der Waals surface area contributed by atoms with Gasteiger partial charge < -0.3 is 0 Å². The standard InChI is InChI=1S/C8H13NO3/c1-2-3-6-12-9-7(10)4-5-8(9)11/h2-6H2,1H3. The number of nitrogens with zero attached hydrogens (tertiary/aromatic N) is 1. The van der Waals surface area contributed by atoms with E-state index in [0.717, 1.165) is 17.9 Å². The average molecular weight is 171 g/mol. The number of rotatable bonds is 4. The number of imide groups is 1. The second-order valence-corrected chi connectivity index (χ2v) is 2.77. The molecule has 4 nitrogen and oxygen atoms in total. The summed E-state index contributed by atoms with van der Waals surface area (Å²) in [6, 6.07) is 0. The fourth-order valence-electron chi connectivity index (χ4n) is 1.00. The first-order chi connectivity index (χ1) is 5.75. The van der Waals surface area contributed by atoms with Gasteiger partial charge in [-0.1, -0.05) is 13.3 Å². The third kappa shape index (κ3) is 2.04. The Kier molecular flexibility index (Phi) is 3.22. The zero-order chi connectivity index (χ0) is 8.97. The topological polar surface area (TPSA) is 46.6 Å². The van der Waals surface area contributed by atoms with Crippen LogP contribution in [0.3, 0.4) is 0 Å². The van der Waals surface area contributed by atoms with Crippen LogP contribution in [0.25, 0.3) is 0 Å². The van der Waals surface area contributed by atoms with Crippen molar-refractivity contribution in [2.75, 3.05) is 6.61 Å². The van der Waals surface area contributed by atoms with Crippen LogP contribution in [-0.2, 0) is 14.4 Å². The third-order valence-corrected chi connectivity index (χ3v) is 1.72. The first-order valence-corrected chi connectivity index (χ1v) is 4.24. The Balaban J connectivity index is 2.30. The Morgan fingerprint density at radius 3 is 2.42 bits per heavy atom. The maximum atomic E-state index is 11.0. The van der Waals surface area contributed by atoms with Crippen molar-refractivity contribution in [2.45, 2.75) is 32.6 Å². The van der Waals surface area contributed by atoms with Gasteiger partial charge in [0.2, 0.25) is 0 Å². The number of unbranched alkanes of at least 4 members (excludes halogenated alkanes) is 1. The van der Waals surface area contributed by atoms with Crippen LogP contribution in [-0.4, -0.2) is 23.5 Å². The molecule has 0 aromatic carbocycles. The molecule has 1 aliphatic rings. The summed E-state index contributed by atoms with van der Waals surface area (Å²) in [6.45, 7) is 2.48. The van der Waals surface area contributed by atoms with E-state index in [1.54, 1.807) is 0 Å². The van der Waals surface area contributed by atoms with Gasteiger partial charge in [-0.3, -0.25) is 14.4 Å². The quantitative estimate of drug-likeness (QED) is 0.465. The van der Waals surface area contributed by atoms with Gasteiger partial charge in [0.25, 0.3) is 11.8 Å². The summed E-state index contributed by atoms with van der Waals surface area (Å²) >= 11 is 0. The molecule has 0 radical (unpaired) electrons. The van der Waals surface area contributed by atoms with E-state index in [9.17, 15) is 9.59 Å². The van der Waals surface area contributed by atoms with Gasteiger partial charge in [-0.25, -0.2) is 0 Å². The SMILES string of the molecule is CCCCON1C(=O)CCC1=O. The lowest BCUT2D eigenvalue weighted by molar-refractivity contribution is -0.187. The minimum Gasteiger partial charge on any atom is -0.272 e. The molecule has 68 valence electrons. The van der Waals surface area contributed by atoms with Crippen molar-refractivity contribution in [3.05, 3.63) is 0 Å². The molecule has 0 saturated carbocycles. The molecule has 1 heterocycles. The molecule has 2 amide bonds. The van der Waals surface area contributed by atoms with E-state index < -0.39 is 0 Å². The molecule has 1 saturated heterocycles. The molecule has 1 rings (SSSR count). The van der Waals surface area contributed by atoms with Crippen molar-refractivity contribution in [1.82, 2.24) is 5.06 Å². The lowest BCUT2D eigenvalue weighted by atomic mass is 10.4. The summed E-state index contributed by atoms with van der Waals surface area (Å²) < 4.78 is 0. The van der Waals surface area contributed by atoms with E-state index in [0.29, 0.717) is 19.4 Å². The molecule has 1 aliphatic heterocycles. The second-order valence-electron chi connectivity index (χ2n) is 2.77. The van der Waals surface area contributed by atoms with Crippen molar-refractivity contribution in [3.8, 4) is 0 Å². The Bertz CT molecular complexity index is 175. The molecule has 12 heavy (non-hydrogen) atoms. The number of hydrogen-bond donors (Lipinski definition) is 0. The molecule has 0 spiro atoms. The zero-order valence-corrected chi connectivity index (χ0v) is 7.21. The lowest BCUT2D eigenvalue weighted by Gasteiger charge is -2.12. The highest BCUT2D eigenvalue weighted by Gasteiger charge is 2.29. The van der Waals surface area contributed by atoms with Gasteiger partial charge in [0.15, 0.2) is 0 Å². The Hall–Kier alpha value is -0.900. The maximum Gasteiger partial charge on any atom is 0.253 e. The molecule has 0 N–H and O–H groups in total. The monoisotopic (exact) mass is 171 g/mol. The van der Waals surface area contributed by atoms with Crippen LogP contribution < -0.4 is 0 Å². The predicted molar refractivity (Wildman–Crippen MR) is 41.9 cm³/mol. The largest absolute Gasteiger partial charge is 0.272 e. The van der Waals surface area contributed by atoms with Crippen LogP contribution in [0.2, 0.25) is 0 Å². The highest BCUT2D eigenvalue weighted by Crippen LogP contribution is 2.11. The predicted octanol–water partition coefficient (Wildman–Crippen LogP) is 0.867. The minimum atomic E-state index is -0.212. The number of amides is 2. The molecule has 4 heteroatoms. The average Bonchev–Trinajstić information content (AvgIpc) is 2.35. The summed E-state index contributed by atoms with van der Waals surface area (Å²) in [6.07, 6.45) is 2.46. The first-order valence-electron chi connectivity index (χ1n) is 4.24.